The van der Waals surface area contributed by atoms with E-state index in [1.54, 1.807) is 11.0 Å². The largest absolute Gasteiger partial charge is 0.353 e. The summed E-state index contributed by atoms with van der Waals surface area (Å²) in [5.74, 6) is 2.10. The van der Waals surface area contributed by atoms with Crippen molar-refractivity contribution in [3.8, 4) is 0 Å². The van der Waals surface area contributed by atoms with Crippen LogP contribution in [-0.4, -0.2) is 62.2 Å². The molecule has 0 atom stereocenters. The molecule has 2 aromatic heterocycles. The summed E-state index contributed by atoms with van der Waals surface area (Å²) in [6.07, 6.45) is 7.59. The second-order valence-corrected chi connectivity index (χ2v) is 7.25. The molecule has 8 nitrogen and oxygen atoms in total. The molecule has 4 rings (SSSR count). The highest BCUT2D eigenvalue weighted by Gasteiger charge is 2.31. The van der Waals surface area contributed by atoms with Crippen LogP contribution in [0.5, 0.6) is 0 Å². The van der Waals surface area contributed by atoms with Crippen LogP contribution in [-0.2, 0) is 11.3 Å². The Labute approximate surface area is 153 Å². The highest BCUT2D eigenvalue weighted by molar-refractivity contribution is 5.79. The van der Waals surface area contributed by atoms with Gasteiger partial charge in [0.15, 0.2) is 0 Å². The molecule has 0 N–H and O–H groups in total. The lowest BCUT2D eigenvalue weighted by atomic mass is 9.81. The van der Waals surface area contributed by atoms with Gasteiger partial charge in [0.1, 0.15) is 12.1 Å². The zero-order valence-electron chi connectivity index (χ0n) is 14.9. The Morgan fingerprint density at radius 3 is 2.54 bits per heavy atom. The summed E-state index contributed by atoms with van der Waals surface area (Å²) in [5.41, 5.74) is 0. The third-order valence-electron chi connectivity index (χ3n) is 5.60. The Balaban J connectivity index is 1.24. The Bertz CT molecular complexity index is 690. The molecule has 3 heterocycles. The minimum atomic E-state index is 0.182. The number of nitrogens with zero attached hydrogens (tertiary/aromatic N) is 7. The van der Waals surface area contributed by atoms with Crippen LogP contribution in [0.15, 0.2) is 30.7 Å². The first-order valence-electron chi connectivity index (χ1n) is 9.45. The van der Waals surface area contributed by atoms with E-state index in [1.165, 1.54) is 0 Å². The van der Waals surface area contributed by atoms with Gasteiger partial charge in [-0.3, -0.25) is 4.79 Å². The van der Waals surface area contributed by atoms with Crippen molar-refractivity contribution in [1.29, 1.82) is 0 Å². The summed E-state index contributed by atoms with van der Waals surface area (Å²) in [5, 5.41) is 11.3. The summed E-state index contributed by atoms with van der Waals surface area (Å²) in [6, 6.07) is 5.97. The third-order valence-corrected chi connectivity index (χ3v) is 5.60. The molecule has 0 bridgehead atoms. The van der Waals surface area contributed by atoms with E-state index in [-0.39, 0.29) is 5.92 Å². The van der Waals surface area contributed by atoms with E-state index in [4.69, 9.17) is 0 Å². The Hall–Kier alpha value is -2.51. The van der Waals surface area contributed by atoms with E-state index < -0.39 is 0 Å². The fourth-order valence-electron chi connectivity index (χ4n) is 4.08. The van der Waals surface area contributed by atoms with Crippen molar-refractivity contribution < 1.29 is 4.79 Å². The number of tetrazole rings is 1. The van der Waals surface area contributed by atoms with Gasteiger partial charge in [-0.25, -0.2) is 9.67 Å². The number of rotatable bonds is 4. The van der Waals surface area contributed by atoms with Gasteiger partial charge < -0.3 is 9.80 Å². The normalized spacial score (nSPS) is 23.8. The molecule has 1 amide bonds. The number of carbonyl (C=O) groups is 1. The lowest BCUT2D eigenvalue weighted by Crippen LogP contribution is -2.51. The molecule has 8 heteroatoms. The van der Waals surface area contributed by atoms with Crippen molar-refractivity contribution in [1.82, 2.24) is 30.1 Å². The van der Waals surface area contributed by atoms with E-state index in [2.05, 4.69) is 25.4 Å². The molecule has 2 fully saturated rings. The molecule has 138 valence electrons. The van der Waals surface area contributed by atoms with Crippen LogP contribution < -0.4 is 4.90 Å². The highest BCUT2D eigenvalue weighted by Crippen LogP contribution is 2.31. The summed E-state index contributed by atoms with van der Waals surface area (Å²) >= 11 is 0. The van der Waals surface area contributed by atoms with Crippen LogP contribution in [0.2, 0.25) is 0 Å². The van der Waals surface area contributed by atoms with E-state index in [0.717, 1.165) is 64.2 Å². The van der Waals surface area contributed by atoms with E-state index >= 15 is 0 Å². The first-order chi connectivity index (χ1) is 12.8. The Morgan fingerprint density at radius 2 is 1.88 bits per heavy atom. The number of piperazine rings is 1. The standard InChI is InChI=1S/C18H25N7O/c26-18(16-6-4-15(5-7-16)13-25-14-20-21-22-25)24-11-9-23(10-12-24)17-3-1-2-8-19-17/h1-3,8,14-16H,4-7,9-13H2. The van der Waals surface area contributed by atoms with Gasteiger partial charge in [-0.2, -0.15) is 0 Å². The lowest BCUT2D eigenvalue weighted by Gasteiger charge is -2.38. The van der Waals surface area contributed by atoms with Crippen LogP contribution in [0.3, 0.4) is 0 Å². The van der Waals surface area contributed by atoms with Gasteiger partial charge in [0, 0.05) is 44.8 Å². The monoisotopic (exact) mass is 355 g/mol. The predicted molar refractivity (Wildman–Crippen MR) is 96.3 cm³/mol. The minimum absolute atomic E-state index is 0.182. The molecule has 26 heavy (non-hydrogen) atoms. The van der Waals surface area contributed by atoms with E-state index in [1.807, 2.05) is 29.3 Å². The molecule has 1 aliphatic heterocycles. The van der Waals surface area contributed by atoms with Crippen molar-refractivity contribution >= 4 is 11.7 Å². The number of pyridine rings is 1. The first kappa shape index (κ1) is 16.9. The predicted octanol–water partition coefficient (Wildman–Crippen LogP) is 1.22. The summed E-state index contributed by atoms with van der Waals surface area (Å²) < 4.78 is 1.80. The summed E-state index contributed by atoms with van der Waals surface area (Å²) in [7, 11) is 0. The highest BCUT2D eigenvalue weighted by atomic mass is 16.2. The van der Waals surface area contributed by atoms with Crippen LogP contribution in [0, 0.1) is 11.8 Å². The van der Waals surface area contributed by atoms with Crippen LogP contribution in [0.1, 0.15) is 25.7 Å². The second kappa shape index (κ2) is 7.80. The van der Waals surface area contributed by atoms with Gasteiger partial charge in [0.2, 0.25) is 5.91 Å². The number of aromatic nitrogens is 5. The molecule has 0 unspecified atom stereocenters. The molecule has 0 aromatic carbocycles. The van der Waals surface area contributed by atoms with Gasteiger partial charge in [-0.15, -0.1) is 5.10 Å². The topological polar surface area (TPSA) is 80.0 Å². The molecule has 0 spiro atoms. The van der Waals surface area contributed by atoms with Gasteiger partial charge in [-0.1, -0.05) is 6.07 Å². The average molecular weight is 355 g/mol. The Kier molecular flexibility index (Phi) is 5.08. The van der Waals surface area contributed by atoms with Crippen LogP contribution in [0.25, 0.3) is 0 Å². The van der Waals surface area contributed by atoms with Crippen LogP contribution >= 0.6 is 0 Å². The zero-order valence-corrected chi connectivity index (χ0v) is 14.9. The number of anilines is 1. The molecule has 1 saturated heterocycles. The van der Waals surface area contributed by atoms with Crippen molar-refractivity contribution in [2.45, 2.75) is 32.2 Å². The number of hydrogen-bond donors (Lipinski definition) is 0. The quantitative estimate of drug-likeness (QED) is 0.820. The van der Waals surface area contributed by atoms with E-state index in [0.29, 0.717) is 11.8 Å². The second-order valence-electron chi connectivity index (χ2n) is 7.25. The fourth-order valence-corrected chi connectivity index (χ4v) is 4.08. The zero-order chi connectivity index (χ0) is 17.8. The smallest absolute Gasteiger partial charge is 0.225 e. The van der Waals surface area contributed by atoms with Crippen molar-refractivity contribution in [2.75, 3.05) is 31.1 Å². The minimum Gasteiger partial charge on any atom is -0.353 e. The van der Waals surface area contributed by atoms with E-state index in [9.17, 15) is 4.79 Å². The van der Waals surface area contributed by atoms with Gasteiger partial charge in [0.25, 0.3) is 0 Å². The summed E-state index contributed by atoms with van der Waals surface area (Å²) in [4.78, 5) is 21.6. The van der Waals surface area contributed by atoms with Crippen molar-refractivity contribution in [3.63, 3.8) is 0 Å². The third kappa shape index (κ3) is 3.84. The van der Waals surface area contributed by atoms with Crippen LogP contribution in [0.4, 0.5) is 5.82 Å². The number of hydrogen-bond acceptors (Lipinski definition) is 6. The number of carbonyl (C=O) groups excluding carboxylic acids is 1. The first-order valence-corrected chi connectivity index (χ1v) is 9.45. The van der Waals surface area contributed by atoms with Gasteiger partial charge in [-0.05, 0) is 54.2 Å². The SMILES string of the molecule is O=C(C1CCC(Cn2cnnn2)CC1)N1CCN(c2ccccn2)CC1. The molecule has 1 saturated carbocycles. The molecular formula is C18H25N7O. The molecule has 2 aliphatic rings. The molecule has 1 aliphatic carbocycles. The maximum absolute atomic E-state index is 12.9. The molecule has 0 radical (unpaired) electrons. The average Bonchev–Trinajstić information content (AvgIpc) is 3.22. The maximum atomic E-state index is 12.9. The fraction of sp³-hybridized carbons (Fsp3) is 0.611. The summed E-state index contributed by atoms with van der Waals surface area (Å²) in [6.45, 7) is 4.16. The number of amides is 1. The maximum Gasteiger partial charge on any atom is 0.225 e. The van der Waals surface area contributed by atoms with Crippen molar-refractivity contribution in [2.24, 2.45) is 11.8 Å². The van der Waals surface area contributed by atoms with Gasteiger partial charge in [0.05, 0.1) is 0 Å². The van der Waals surface area contributed by atoms with Crippen molar-refractivity contribution in [3.05, 3.63) is 30.7 Å². The lowest BCUT2D eigenvalue weighted by molar-refractivity contribution is -0.137. The molecular weight excluding hydrogens is 330 g/mol. The van der Waals surface area contributed by atoms with Gasteiger partial charge >= 0.3 is 0 Å². The Morgan fingerprint density at radius 1 is 1.08 bits per heavy atom. The molecule has 2 aromatic rings.